The second-order valence-electron chi connectivity index (χ2n) is 7.79. The van der Waals surface area contributed by atoms with Crippen molar-refractivity contribution >= 4 is 44.2 Å². The van der Waals surface area contributed by atoms with Gasteiger partial charge < -0.3 is 18.9 Å². The topological polar surface area (TPSA) is 73.4 Å². The summed E-state index contributed by atoms with van der Waals surface area (Å²) in [5.74, 6) is 1.95. The molecule has 1 fully saturated rings. The summed E-state index contributed by atoms with van der Waals surface area (Å²) < 4.78 is 22.6. The van der Waals surface area contributed by atoms with E-state index in [1.54, 1.807) is 24.1 Å². The number of thiazole rings is 1. The fourth-order valence-corrected chi connectivity index (χ4v) is 5.24. The van der Waals surface area contributed by atoms with Crippen molar-refractivity contribution < 1.29 is 23.7 Å². The van der Waals surface area contributed by atoms with E-state index < -0.39 is 0 Å². The fraction of sp³-hybridized carbons (Fsp3) is 0.391. The first-order valence-corrected chi connectivity index (χ1v) is 11.9. The highest BCUT2D eigenvalue weighted by Gasteiger charge is 2.24. The van der Waals surface area contributed by atoms with Crippen LogP contribution in [0.25, 0.3) is 10.2 Å². The molecule has 3 heterocycles. The van der Waals surface area contributed by atoms with Crippen molar-refractivity contribution in [3.05, 3.63) is 40.9 Å². The highest BCUT2D eigenvalue weighted by atomic mass is 35.5. The summed E-state index contributed by atoms with van der Waals surface area (Å²) in [6.45, 7) is 4.57. The number of anilines is 1. The van der Waals surface area contributed by atoms with Crippen molar-refractivity contribution in [3.8, 4) is 17.2 Å². The SMILES string of the molecule is COc1ccc(Cl)c2sc(N(CCN3CCOCC3)C(=O)Cc3ccc4c(c3)OCO4)nc12. The average Bonchev–Trinajstić information content (AvgIpc) is 3.48. The zero-order chi connectivity index (χ0) is 22.8. The number of fused-ring (bicyclic) bond motifs is 2. The summed E-state index contributed by atoms with van der Waals surface area (Å²) in [5, 5.41) is 1.20. The van der Waals surface area contributed by atoms with Gasteiger partial charge in [0.05, 0.1) is 36.5 Å². The standard InChI is InChI=1S/C23H24ClN3O5S/c1-29-18-5-3-16(24)22-21(18)25-23(33-22)27(7-6-26-8-10-30-11-9-26)20(28)13-15-2-4-17-19(12-15)32-14-31-17/h2-5,12H,6-11,13-14H2,1H3. The molecule has 0 unspecified atom stereocenters. The Morgan fingerprint density at radius 3 is 2.85 bits per heavy atom. The molecule has 8 nitrogen and oxygen atoms in total. The zero-order valence-electron chi connectivity index (χ0n) is 18.2. The van der Waals surface area contributed by atoms with Crippen molar-refractivity contribution in [1.82, 2.24) is 9.88 Å². The molecule has 0 radical (unpaired) electrons. The van der Waals surface area contributed by atoms with E-state index in [9.17, 15) is 4.79 Å². The molecule has 0 N–H and O–H groups in total. The van der Waals surface area contributed by atoms with Gasteiger partial charge >= 0.3 is 0 Å². The number of hydrogen-bond donors (Lipinski definition) is 0. The summed E-state index contributed by atoms with van der Waals surface area (Å²) in [6.07, 6.45) is 0.223. The number of carbonyl (C=O) groups is 1. The fourth-order valence-electron chi connectivity index (χ4n) is 3.94. The van der Waals surface area contributed by atoms with Crippen LogP contribution in [0.1, 0.15) is 5.56 Å². The van der Waals surface area contributed by atoms with E-state index in [1.165, 1.54) is 11.3 Å². The van der Waals surface area contributed by atoms with E-state index in [0.29, 0.717) is 52.7 Å². The normalized spacial score (nSPS) is 15.7. The Balaban J connectivity index is 1.42. The van der Waals surface area contributed by atoms with Crippen molar-refractivity contribution in [1.29, 1.82) is 0 Å². The Bertz CT molecular complexity index is 1160. The van der Waals surface area contributed by atoms with Gasteiger partial charge in [-0.15, -0.1) is 0 Å². The molecule has 0 atom stereocenters. The summed E-state index contributed by atoms with van der Waals surface area (Å²) in [4.78, 5) is 22.3. The van der Waals surface area contributed by atoms with Gasteiger partial charge in [0, 0.05) is 26.2 Å². The minimum absolute atomic E-state index is 0.0451. The molecule has 10 heteroatoms. The van der Waals surface area contributed by atoms with E-state index in [1.807, 2.05) is 18.2 Å². The highest BCUT2D eigenvalue weighted by Crippen LogP contribution is 2.39. The van der Waals surface area contributed by atoms with Crippen molar-refractivity contribution in [2.75, 3.05) is 58.2 Å². The number of aromatic nitrogens is 1. The summed E-state index contributed by atoms with van der Waals surface area (Å²) in [7, 11) is 1.60. The lowest BCUT2D eigenvalue weighted by molar-refractivity contribution is -0.118. The van der Waals surface area contributed by atoms with Gasteiger partial charge in [0.2, 0.25) is 12.7 Å². The number of hydrogen-bond acceptors (Lipinski definition) is 8. The molecule has 0 aliphatic carbocycles. The number of amides is 1. The van der Waals surface area contributed by atoms with Gasteiger partial charge in [-0.05, 0) is 29.8 Å². The number of nitrogens with zero attached hydrogens (tertiary/aromatic N) is 3. The van der Waals surface area contributed by atoms with Crippen LogP contribution in [0.3, 0.4) is 0 Å². The molecule has 0 saturated carbocycles. The smallest absolute Gasteiger partial charge is 0.233 e. The molecule has 1 aromatic heterocycles. The Morgan fingerprint density at radius 1 is 1.21 bits per heavy atom. The van der Waals surface area contributed by atoms with Crippen LogP contribution in [-0.4, -0.2) is 69.1 Å². The minimum atomic E-state index is -0.0451. The van der Waals surface area contributed by atoms with Crippen LogP contribution in [0.2, 0.25) is 5.02 Å². The highest BCUT2D eigenvalue weighted by molar-refractivity contribution is 7.23. The first kappa shape index (κ1) is 22.2. The molecule has 1 saturated heterocycles. The van der Waals surface area contributed by atoms with Gasteiger partial charge in [-0.25, -0.2) is 4.98 Å². The van der Waals surface area contributed by atoms with Gasteiger partial charge in [0.1, 0.15) is 11.3 Å². The van der Waals surface area contributed by atoms with E-state index >= 15 is 0 Å². The first-order valence-electron chi connectivity index (χ1n) is 10.7. The third-order valence-corrected chi connectivity index (χ3v) is 7.27. The lowest BCUT2D eigenvalue weighted by atomic mass is 10.1. The van der Waals surface area contributed by atoms with Crippen LogP contribution in [-0.2, 0) is 16.0 Å². The number of halogens is 1. The number of ether oxygens (including phenoxy) is 4. The zero-order valence-corrected chi connectivity index (χ0v) is 19.8. The lowest BCUT2D eigenvalue weighted by Gasteiger charge is -2.29. The summed E-state index contributed by atoms with van der Waals surface area (Å²) >= 11 is 7.83. The van der Waals surface area contributed by atoms with Crippen LogP contribution in [0.15, 0.2) is 30.3 Å². The maximum absolute atomic E-state index is 13.5. The van der Waals surface area contributed by atoms with Gasteiger partial charge in [0.15, 0.2) is 16.6 Å². The molecule has 5 rings (SSSR count). The molecular weight excluding hydrogens is 466 g/mol. The summed E-state index contributed by atoms with van der Waals surface area (Å²) in [5.41, 5.74) is 1.52. The molecule has 0 bridgehead atoms. The van der Waals surface area contributed by atoms with E-state index in [-0.39, 0.29) is 19.1 Å². The van der Waals surface area contributed by atoms with Crippen LogP contribution < -0.4 is 19.1 Å². The molecule has 1 amide bonds. The van der Waals surface area contributed by atoms with Gasteiger partial charge in [-0.3, -0.25) is 14.6 Å². The number of benzene rings is 2. The Morgan fingerprint density at radius 2 is 2.03 bits per heavy atom. The Labute approximate surface area is 200 Å². The first-order chi connectivity index (χ1) is 16.1. The molecule has 0 spiro atoms. The lowest BCUT2D eigenvalue weighted by Crippen LogP contribution is -2.43. The number of methoxy groups -OCH3 is 1. The van der Waals surface area contributed by atoms with Crippen LogP contribution >= 0.6 is 22.9 Å². The Kier molecular flexibility index (Phi) is 6.55. The van der Waals surface area contributed by atoms with E-state index in [4.69, 9.17) is 35.5 Å². The quantitative estimate of drug-likeness (QED) is 0.502. The second kappa shape index (κ2) is 9.72. The molecule has 3 aromatic rings. The maximum atomic E-state index is 13.5. The molecular formula is C23H24ClN3O5S. The molecule has 2 aromatic carbocycles. The monoisotopic (exact) mass is 489 g/mol. The average molecular weight is 490 g/mol. The van der Waals surface area contributed by atoms with Crippen molar-refractivity contribution in [2.24, 2.45) is 0 Å². The molecule has 2 aliphatic heterocycles. The molecule has 33 heavy (non-hydrogen) atoms. The second-order valence-corrected chi connectivity index (χ2v) is 9.17. The minimum Gasteiger partial charge on any atom is -0.494 e. The third kappa shape index (κ3) is 4.72. The maximum Gasteiger partial charge on any atom is 0.233 e. The predicted octanol–water partition coefficient (Wildman–Crippen LogP) is 3.59. The number of carbonyl (C=O) groups excluding carboxylic acids is 1. The van der Waals surface area contributed by atoms with Gasteiger partial charge in [0.25, 0.3) is 0 Å². The van der Waals surface area contributed by atoms with Crippen LogP contribution in [0.5, 0.6) is 17.2 Å². The van der Waals surface area contributed by atoms with Gasteiger partial charge in [-0.1, -0.05) is 29.0 Å². The van der Waals surface area contributed by atoms with Crippen LogP contribution in [0, 0.1) is 0 Å². The molecule has 2 aliphatic rings. The molecule has 174 valence electrons. The number of rotatable bonds is 7. The predicted molar refractivity (Wildman–Crippen MR) is 127 cm³/mol. The van der Waals surface area contributed by atoms with Crippen LogP contribution in [0.4, 0.5) is 5.13 Å². The summed E-state index contributed by atoms with van der Waals surface area (Å²) in [6, 6.07) is 9.17. The Hall–Kier alpha value is -2.59. The van der Waals surface area contributed by atoms with E-state index in [0.717, 1.165) is 29.9 Å². The largest absolute Gasteiger partial charge is 0.494 e. The third-order valence-electron chi connectivity index (χ3n) is 5.73. The number of morpholine rings is 1. The van der Waals surface area contributed by atoms with Crippen molar-refractivity contribution in [3.63, 3.8) is 0 Å². The van der Waals surface area contributed by atoms with Gasteiger partial charge in [-0.2, -0.15) is 0 Å². The van der Waals surface area contributed by atoms with E-state index in [2.05, 4.69) is 4.90 Å². The van der Waals surface area contributed by atoms with Crippen molar-refractivity contribution in [2.45, 2.75) is 6.42 Å².